The zero-order valence-electron chi connectivity index (χ0n) is 16.8. The molecule has 1 heterocycles. The van der Waals surface area contributed by atoms with Gasteiger partial charge in [0.1, 0.15) is 6.04 Å². The number of amides is 3. The van der Waals surface area contributed by atoms with Gasteiger partial charge in [-0.1, -0.05) is 38.1 Å². The van der Waals surface area contributed by atoms with E-state index in [1.165, 1.54) is 13.2 Å². The average Bonchev–Trinajstić information content (AvgIpc) is 3.15. The molecule has 2 N–H and O–H groups in total. The van der Waals surface area contributed by atoms with E-state index in [1.54, 1.807) is 23.1 Å². The maximum Gasteiger partial charge on any atom is 0.337 e. The average molecular weight is 395 g/mol. The van der Waals surface area contributed by atoms with Crippen LogP contribution in [0.4, 0.5) is 16.2 Å². The fourth-order valence-electron chi connectivity index (χ4n) is 3.40. The van der Waals surface area contributed by atoms with Gasteiger partial charge in [0.25, 0.3) is 0 Å². The number of para-hydroxylation sites is 1. The predicted octanol–water partition coefficient (Wildman–Crippen LogP) is 3.21. The number of hydrogen-bond acceptors (Lipinski definition) is 4. The molecular weight excluding hydrogens is 370 g/mol. The van der Waals surface area contributed by atoms with Crippen molar-refractivity contribution >= 4 is 29.3 Å². The summed E-state index contributed by atoms with van der Waals surface area (Å²) >= 11 is 0. The highest BCUT2D eigenvalue weighted by molar-refractivity contribution is 6.02. The number of nitrogens with zero attached hydrogens (tertiary/aromatic N) is 1. The van der Waals surface area contributed by atoms with Crippen LogP contribution in [0.15, 0.2) is 48.5 Å². The molecule has 0 saturated heterocycles. The molecule has 0 bridgehead atoms. The molecular formula is C22H25N3O4. The number of ether oxygens (including phenoxy) is 1. The van der Waals surface area contributed by atoms with Gasteiger partial charge in [-0.15, -0.1) is 0 Å². The van der Waals surface area contributed by atoms with Crippen LogP contribution in [-0.4, -0.2) is 37.6 Å². The second-order valence-corrected chi connectivity index (χ2v) is 7.26. The minimum atomic E-state index is -0.676. The number of rotatable bonds is 5. The largest absolute Gasteiger partial charge is 0.465 e. The molecule has 3 rings (SSSR count). The molecule has 0 fully saturated rings. The number of urea groups is 1. The second-order valence-electron chi connectivity index (χ2n) is 7.26. The van der Waals surface area contributed by atoms with Crippen molar-refractivity contribution < 1.29 is 19.1 Å². The Morgan fingerprint density at radius 3 is 2.55 bits per heavy atom. The Labute approximate surface area is 170 Å². The number of esters is 1. The van der Waals surface area contributed by atoms with Crippen molar-refractivity contribution in [1.82, 2.24) is 5.32 Å². The summed E-state index contributed by atoms with van der Waals surface area (Å²) in [6.07, 6.45) is 0.805. The summed E-state index contributed by atoms with van der Waals surface area (Å²) < 4.78 is 4.69. The normalized spacial score (nSPS) is 13.6. The van der Waals surface area contributed by atoms with Crippen molar-refractivity contribution in [3.63, 3.8) is 0 Å². The lowest BCUT2D eigenvalue weighted by molar-refractivity contribution is -0.121. The molecule has 1 aliphatic heterocycles. The molecule has 1 unspecified atom stereocenters. The van der Waals surface area contributed by atoms with E-state index < -0.39 is 18.0 Å². The molecule has 1 aliphatic rings. The van der Waals surface area contributed by atoms with Crippen molar-refractivity contribution in [2.24, 2.45) is 5.92 Å². The van der Waals surface area contributed by atoms with Gasteiger partial charge in [-0.05, 0) is 42.2 Å². The Balaban J connectivity index is 1.70. The monoisotopic (exact) mass is 395 g/mol. The highest BCUT2D eigenvalue weighted by Gasteiger charge is 2.32. The van der Waals surface area contributed by atoms with Crippen LogP contribution in [0.5, 0.6) is 0 Å². The van der Waals surface area contributed by atoms with Gasteiger partial charge in [-0.2, -0.15) is 0 Å². The van der Waals surface area contributed by atoms with E-state index in [0.717, 1.165) is 17.7 Å². The molecule has 0 aromatic heterocycles. The summed E-state index contributed by atoms with van der Waals surface area (Å²) in [6, 6.07) is 13.1. The molecule has 2 aromatic carbocycles. The standard InChI is InChI=1S/C22H25N3O4/c1-14(2)19(20(26)25-12-11-15-7-4-5-10-18(15)25)24-22(28)23-17-9-6-8-16(13-17)21(27)29-3/h4-10,13-14,19H,11-12H2,1-3H3,(H2,23,24,28). The summed E-state index contributed by atoms with van der Waals surface area (Å²) in [6.45, 7) is 4.39. The van der Waals surface area contributed by atoms with E-state index in [1.807, 2.05) is 38.1 Å². The number of carbonyl (C=O) groups excluding carboxylic acids is 3. The Morgan fingerprint density at radius 2 is 1.83 bits per heavy atom. The molecule has 2 aromatic rings. The fraction of sp³-hybridized carbons (Fsp3) is 0.318. The number of carbonyl (C=O) groups is 3. The van der Waals surface area contributed by atoms with E-state index in [4.69, 9.17) is 4.74 Å². The molecule has 3 amide bonds. The smallest absolute Gasteiger partial charge is 0.337 e. The van der Waals surface area contributed by atoms with Crippen LogP contribution < -0.4 is 15.5 Å². The van der Waals surface area contributed by atoms with Crippen molar-refractivity contribution in [1.29, 1.82) is 0 Å². The molecule has 7 heteroatoms. The van der Waals surface area contributed by atoms with Crippen molar-refractivity contribution in [2.45, 2.75) is 26.3 Å². The predicted molar refractivity (Wildman–Crippen MR) is 111 cm³/mol. The SMILES string of the molecule is COC(=O)c1cccc(NC(=O)NC(C(=O)N2CCc3ccccc32)C(C)C)c1. The van der Waals surface area contributed by atoms with Crippen LogP contribution in [0, 0.1) is 5.92 Å². The quantitative estimate of drug-likeness (QED) is 0.761. The number of fused-ring (bicyclic) bond motifs is 1. The minimum Gasteiger partial charge on any atom is -0.465 e. The van der Waals surface area contributed by atoms with Crippen molar-refractivity contribution in [3.8, 4) is 0 Å². The molecule has 29 heavy (non-hydrogen) atoms. The summed E-state index contributed by atoms with van der Waals surface area (Å²) in [5, 5.41) is 5.46. The summed E-state index contributed by atoms with van der Waals surface area (Å²) in [7, 11) is 1.30. The summed E-state index contributed by atoms with van der Waals surface area (Å²) in [4.78, 5) is 39.1. The number of methoxy groups -OCH3 is 1. The van der Waals surface area contributed by atoms with Gasteiger partial charge in [0.2, 0.25) is 5.91 Å². The number of hydrogen-bond donors (Lipinski definition) is 2. The lowest BCUT2D eigenvalue weighted by atomic mass is 10.0. The van der Waals surface area contributed by atoms with Crippen LogP contribution in [0.3, 0.4) is 0 Å². The molecule has 0 aliphatic carbocycles. The molecule has 0 radical (unpaired) electrons. The summed E-state index contributed by atoms with van der Waals surface area (Å²) in [5.41, 5.74) is 2.80. The zero-order valence-corrected chi connectivity index (χ0v) is 16.8. The lowest BCUT2D eigenvalue weighted by Crippen LogP contribution is -2.52. The first-order valence-electron chi connectivity index (χ1n) is 9.56. The van der Waals surface area contributed by atoms with E-state index in [9.17, 15) is 14.4 Å². The van der Waals surface area contributed by atoms with Crippen LogP contribution in [0.25, 0.3) is 0 Å². The second kappa shape index (κ2) is 8.77. The first-order chi connectivity index (χ1) is 13.9. The fourth-order valence-corrected chi connectivity index (χ4v) is 3.40. The van der Waals surface area contributed by atoms with Crippen molar-refractivity contribution in [2.75, 3.05) is 23.9 Å². The molecule has 0 spiro atoms. The first kappa shape index (κ1) is 20.4. The maximum atomic E-state index is 13.1. The Morgan fingerprint density at radius 1 is 1.07 bits per heavy atom. The van der Waals surface area contributed by atoms with Gasteiger partial charge in [0, 0.05) is 17.9 Å². The Bertz CT molecular complexity index is 926. The summed E-state index contributed by atoms with van der Waals surface area (Å²) in [5.74, 6) is -0.720. The third-order valence-electron chi connectivity index (χ3n) is 4.91. The van der Waals surface area contributed by atoms with Gasteiger partial charge in [-0.3, -0.25) is 4.79 Å². The van der Waals surface area contributed by atoms with Gasteiger partial charge in [0.15, 0.2) is 0 Å². The number of benzene rings is 2. The van der Waals surface area contributed by atoms with E-state index in [2.05, 4.69) is 10.6 Å². The Kier molecular flexibility index (Phi) is 6.16. The van der Waals surface area contributed by atoms with Gasteiger partial charge in [-0.25, -0.2) is 9.59 Å². The van der Waals surface area contributed by atoms with Crippen LogP contribution in [0.2, 0.25) is 0 Å². The van der Waals surface area contributed by atoms with Gasteiger partial charge >= 0.3 is 12.0 Å². The van der Waals surface area contributed by atoms with E-state index in [0.29, 0.717) is 17.8 Å². The van der Waals surface area contributed by atoms with Crippen LogP contribution in [-0.2, 0) is 16.0 Å². The first-order valence-corrected chi connectivity index (χ1v) is 9.56. The zero-order chi connectivity index (χ0) is 21.0. The van der Waals surface area contributed by atoms with Crippen molar-refractivity contribution in [3.05, 3.63) is 59.7 Å². The topological polar surface area (TPSA) is 87.7 Å². The number of anilines is 2. The third-order valence-corrected chi connectivity index (χ3v) is 4.91. The van der Waals surface area contributed by atoms with E-state index >= 15 is 0 Å². The molecule has 152 valence electrons. The maximum absolute atomic E-state index is 13.1. The van der Waals surface area contributed by atoms with Gasteiger partial charge in [0.05, 0.1) is 12.7 Å². The Hall–Kier alpha value is -3.35. The van der Waals surface area contributed by atoms with E-state index in [-0.39, 0.29) is 11.8 Å². The van der Waals surface area contributed by atoms with Gasteiger partial charge < -0.3 is 20.3 Å². The molecule has 0 saturated carbocycles. The third kappa shape index (κ3) is 4.56. The minimum absolute atomic E-state index is 0.0950. The van der Waals surface area contributed by atoms with Crippen LogP contribution >= 0.6 is 0 Å². The number of nitrogens with one attached hydrogen (secondary N) is 2. The highest BCUT2D eigenvalue weighted by atomic mass is 16.5. The molecule has 1 atom stereocenters. The highest BCUT2D eigenvalue weighted by Crippen LogP contribution is 2.28. The van der Waals surface area contributed by atoms with Crippen LogP contribution in [0.1, 0.15) is 29.8 Å². The molecule has 7 nitrogen and oxygen atoms in total. The lowest BCUT2D eigenvalue weighted by Gasteiger charge is -2.27.